The van der Waals surface area contributed by atoms with E-state index in [-0.39, 0.29) is 18.5 Å². The number of nitriles is 1. The number of aliphatic imine (C=N–C) groups is 1. The van der Waals surface area contributed by atoms with Gasteiger partial charge in [-0.1, -0.05) is 11.8 Å². The lowest BCUT2D eigenvalue weighted by Crippen LogP contribution is -2.28. The molecule has 96 valence electrons. The van der Waals surface area contributed by atoms with Gasteiger partial charge in [0.2, 0.25) is 0 Å². The fourth-order valence-electron chi connectivity index (χ4n) is 1.08. The maximum Gasteiger partial charge on any atom is 0.305 e. The molecule has 1 rings (SSSR count). The Kier molecular flexibility index (Phi) is 5.73. The van der Waals surface area contributed by atoms with Crippen LogP contribution in [-0.4, -0.2) is 41.0 Å². The number of hydrogen-bond acceptors (Lipinski definition) is 6. The van der Waals surface area contributed by atoms with Gasteiger partial charge in [0.1, 0.15) is 11.6 Å². The van der Waals surface area contributed by atoms with E-state index in [1.807, 2.05) is 0 Å². The van der Waals surface area contributed by atoms with E-state index in [0.717, 1.165) is 5.75 Å². The Labute approximate surface area is 108 Å². The minimum atomic E-state index is -1.01. The van der Waals surface area contributed by atoms with E-state index >= 15 is 0 Å². The summed E-state index contributed by atoms with van der Waals surface area (Å²) in [4.78, 5) is 25.8. The van der Waals surface area contributed by atoms with Gasteiger partial charge in [-0.25, -0.2) is 0 Å². The first-order valence-corrected chi connectivity index (χ1v) is 6.16. The van der Waals surface area contributed by atoms with E-state index in [0.29, 0.717) is 11.7 Å². The van der Waals surface area contributed by atoms with Crippen molar-refractivity contribution in [2.24, 2.45) is 4.99 Å². The summed E-state index contributed by atoms with van der Waals surface area (Å²) in [5, 5.41) is 23.0. The molecular weight excluding hydrogens is 256 g/mol. The first-order chi connectivity index (χ1) is 8.63. The normalized spacial score (nSPS) is 14.6. The molecule has 7 nitrogen and oxygen atoms in total. The maximum atomic E-state index is 11.5. The smallest absolute Gasteiger partial charge is 0.305 e. The highest BCUT2D eigenvalue weighted by Crippen LogP contribution is 2.08. The maximum absolute atomic E-state index is 11.5. The SMILES string of the molecule is N#C/C(=C/NC1=NCCS1)C(=O)NCCC(=O)O. The molecule has 0 aromatic carbocycles. The van der Waals surface area contributed by atoms with Gasteiger partial charge in [-0.3, -0.25) is 14.6 Å². The number of hydrogen-bond donors (Lipinski definition) is 3. The number of carboxylic acids is 1. The molecule has 0 bridgehead atoms. The van der Waals surface area contributed by atoms with E-state index in [2.05, 4.69) is 15.6 Å². The average molecular weight is 268 g/mol. The van der Waals surface area contributed by atoms with E-state index < -0.39 is 11.9 Å². The van der Waals surface area contributed by atoms with Gasteiger partial charge in [-0.15, -0.1) is 0 Å². The second kappa shape index (κ2) is 7.34. The van der Waals surface area contributed by atoms with Crippen molar-refractivity contribution in [2.45, 2.75) is 6.42 Å². The van der Waals surface area contributed by atoms with Gasteiger partial charge in [0.05, 0.1) is 13.0 Å². The lowest BCUT2D eigenvalue weighted by atomic mass is 10.3. The fraction of sp³-hybridized carbons (Fsp3) is 0.400. The Morgan fingerprint density at radius 1 is 1.61 bits per heavy atom. The number of carbonyl (C=O) groups excluding carboxylic acids is 1. The standard InChI is InChI=1S/C10H12N4O3S/c11-5-7(6-14-10-13-3-4-18-10)9(17)12-2-1-8(15)16/h6H,1-4H2,(H,12,17)(H,13,14)(H,15,16)/b7-6-. The van der Waals surface area contributed by atoms with Crippen LogP contribution in [0.1, 0.15) is 6.42 Å². The highest BCUT2D eigenvalue weighted by atomic mass is 32.2. The molecule has 0 spiro atoms. The molecule has 0 atom stereocenters. The summed E-state index contributed by atoms with van der Waals surface area (Å²) < 4.78 is 0. The number of aliphatic carboxylic acids is 1. The number of carbonyl (C=O) groups is 2. The molecule has 8 heteroatoms. The van der Waals surface area contributed by atoms with Gasteiger partial charge in [-0.2, -0.15) is 5.26 Å². The second-order valence-electron chi connectivity index (χ2n) is 3.25. The zero-order valence-corrected chi connectivity index (χ0v) is 10.3. The largest absolute Gasteiger partial charge is 0.481 e. The van der Waals surface area contributed by atoms with Gasteiger partial charge in [0.15, 0.2) is 5.17 Å². The Morgan fingerprint density at radius 2 is 2.39 bits per heavy atom. The Balaban J connectivity index is 2.44. The third kappa shape index (κ3) is 4.88. The van der Waals surface area contributed by atoms with Crippen molar-refractivity contribution in [3.05, 3.63) is 11.8 Å². The zero-order chi connectivity index (χ0) is 13.4. The number of rotatable bonds is 5. The monoisotopic (exact) mass is 268 g/mol. The van der Waals surface area contributed by atoms with Crippen LogP contribution in [0, 0.1) is 11.3 Å². The molecule has 1 aliphatic heterocycles. The van der Waals surface area contributed by atoms with E-state index in [1.54, 1.807) is 6.07 Å². The molecule has 0 saturated carbocycles. The van der Waals surface area contributed by atoms with Crippen molar-refractivity contribution >= 4 is 28.8 Å². The van der Waals surface area contributed by atoms with Crippen LogP contribution in [0.2, 0.25) is 0 Å². The van der Waals surface area contributed by atoms with Crippen molar-refractivity contribution in [3.8, 4) is 6.07 Å². The first kappa shape index (κ1) is 14.1. The molecule has 0 unspecified atom stereocenters. The molecule has 0 saturated heterocycles. The van der Waals surface area contributed by atoms with Crippen LogP contribution in [0.3, 0.4) is 0 Å². The van der Waals surface area contributed by atoms with Crippen molar-refractivity contribution in [1.29, 1.82) is 5.26 Å². The van der Waals surface area contributed by atoms with E-state index in [9.17, 15) is 9.59 Å². The van der Waals surface area contributed by atoms with Gasteiger partial charge in [0, 0.05) is 18.5 Å². The molecule has 3 N–H and O–H groups in total. The van der Waals surface area contributed by atoms with Crippen molar-refractivity contribution in [3.63, 3.8) is 0 Å². The summed E-state index contributed by atoms with van der Waals surface area (Å²) >= 11 is 1.50. The molecular formula is C10H12N4O3S. The summed E-state index contributed by atoms with van der Waals surface area (Å²) in [7, 11) is 0. The summed E-state index contributed by atoms with van der Waals surface area (Å²) in [5.74, 6) is -0.731. The van der Waals surface area contributed by atoms with E-state index in [1.165, 1.54) is 18.0 Å². The highest BCUT2D eigenvalue weighted by molar-refractivity contribution is 8.14. The Hall–Kier alpha value is -2.01. The fourth-order valence-corrected chi connectivity index (χ4v) is 1.78. The third-order valence-electron chi connectivity index (χ3n) is 1.91. The molecule has 1 aliphatic rings. The predicted molar refractivity (Wildman–Crippen MR) is 66.9 cm³/mol. The summed E-state index contributed by atoms with van der Waals surface area (Å²) in [6, 6.07) is 1.74. The van der Waals surface area contributed by atoms with Crippen LogP contribution >= 0.6 is 11.8 Å². The molecule has 0 aliphatic carbocycles. The quantitative estimate of drug-likeness (QED) is 0.465. The van der Waals surface area contributed by atoms with Crippen LogP contribution in [0.25, 0.3) is 0 Å². The number of amides is 1. The number of nitrogens with one attached hydrogen (secondary N) is 2. The van der Waals surface area contributed by atoms with Crippen LogP contribution < -0.4 is 10.6 Å². The van der Waals surface area contributed by atoms with E-state index in [4.69, 9.17) is 10.4 Å². The van der Waals surface area contributed by atoms with Gasteiger partial charge >= 0.3 is 5.97 Å². The molecule has 18 heavy (non-hydrogen) atoms. The van der Waals surface area contributed by atoms with Crippen molar-refractivity contribution < 1.29 is 14.7 Å². The predicted octanol–water partition coefficient (Wildman–Crippen LogP) is -0.323. The topological polar surface area (TPSA) is 115 Å². The van der Waals surface area contributed by atoms with Crippen LogP contribution in [-0.2, 0) is 9.59 Å². The van der Waals surface area contributed by atoms with Gasteiger partial charge in [0.25, 0.3) is 5.91 Å². The highest BCUT2D eigenvalue weighted by Gasteiger charge is 2.10. The minimum absolute atomic E-state index is 0.0110. The molecule has 1 heterocycles. The lowest BCUT2D eigenvalue weighted by molar-refractivity contribution is -0.136. The first-order valence-electron chi connectivity index (χ1n) is 5.17. The second-order valence-corrected chi connectivity index (χ2v) is 4.33. The summed E-state index contributed by atoms with van der Waals surface area (Å²) in [6.45, 7) is 0.705. The molecule has 1 amide bonds. The Bertz CT molecular complexity index is 439. The number of carboxylic acid groups (broad SMARTS) is 1. The van der Waals surface area contributed by atoms with Gasteiger partial charge in [-0.05, 0) is 0 Å². The molecule has 0 radical (unpaired) electrons. The molecule has 0 aromatic rings. The summed E-state index contributed by atoms with van der Waals surface area (Å²) in [6.07, 6.45) is 1.09. The van der Waals surface area contributed by atoms with Gasteiger partial charge < -0.3 is 15.7 Å². The number of thioether (sulfide) groups is 1. The summed E-state index contributed by atoms with van der Waals surface area (Å²) in [5.41, 5.74) is -0.115. The van der Waals surface area contributed by atoms with Crippen molar-refractivity contribution in [2.75, 3.05) is 18.8 Å². The average Bonchev–Trinajstić information content (AvgIpc) is 2.82. The third-order valence-corrected chi connectivity index (χ3v) is 2.82. The number of nitrogens with zero attached hydrogens (tertiary/aromatic N) is 2. The van der Waals surface area contributed by atoms with Crippen LogP contribution in [0.5, 0.6) is 0 Å². The van der Waals surface area contributed by atoms with Crippen LogP contribution in [0.4, 0.5) is 0 Å². The van der Waals surface area contributed by atoms with Crippen LogP contribution in [0.15, 0.2) is 16.8 Å². The molecule has 0 fully saturated rings. The minimum Gasteiger partial charge on any atom is -0.481 e. The van der Waals surface area contributed by atoms with Crippen molar-refractivity contribution in [1.82, 2.24) is 10.6 Å². The number of amidine groups is 1. The Morgan fingerprint density at radius 3 is 2.94 bits per heavy atom. The lowest BCUT2D eigenvalue weighted by Gasteiger charge is -2.03. The molecule has 0 aromatic heterocycles. The zero-order valence-electron chi connectivity index (χ0n) is 9.47.